The predicted molar refractivity (Wildman–Crippen MR) is 158 cm³/mol. The number of imidazole rings is 1. The number of benzene rings is 3. The molecule has 0 atom stereocenters. The van der Waals surface area contributed by atoms with Gasteiger partial charge in [-0.3, -0.25) is 9.36 Å². The van der Waals surface area contributed by atoms with Crippen LogP contribution in [0.3, 0.4) is 0 Å². The first-order chi connectivity index (χ1) is 20.0. The highest BCUT2D eigenvalue weighted by Gasteiger charge is 2.23. The van der Waals surface area contributed by atoms with E-state index in [-0.39, 0.29) is 17.2 Å². The maximum absolute atomic E-state index is 14.0. The molecule has 0 aliphatic carbocycles. The zero-order chi connectivity index (χ0) is 28.5. The van der Waals surface area contributed by atoms with Crippen molar-refractivity contribution in [2.75, 3.05) is 0 Å². The van der Waals surface area contributed by atoms with Gasteiger partial charge in [-0.15, -0.1) is 10.2 Å². The highest BCUT2D eigenvalue weighted by molar-refractivity contribution is 5.80. The molecule has 6 rings (SSSR count). The van der Waals surface area contributed by atoms with E-state index >= 15 is 0 Å². The molecule has 0 aliphatic heterocycles. The Morgan fingerprint density at radius 1 is 0.854 bits per heavy atom. The number of rotatable bonds is 8. The van der Waals surface area contributed by atoms with Gasteiger partial charge >= 0.3 is 5.69 Å². The molecular formula is C31H30N8O2. The minimum atomic E-state index is -0.375. The smallest absolute Gasteiger partial charge is 0.317 e. The molecule has 6 aromatic rings. The molecule has 206 valence electrons. The Balaban J connectivity index is 1.48. The van der Waals surface area contributed by atoms with Crippen molar-refractivity contribution < 1.29 is 0 Å². The lowest BCUT2D eigenvalue weighted by atomic mass is 9.98. The van der Waals surface area contributed by atoms with Crippen LogP contribution < -0.4 is 11.2 Å². The first kappa shape index (κ1) is 26.1. The van der Waals surface area contributed by atoms with Crippen LogP contribution in [0.4, 0.5) is 0 Å². The minimum absolute atomic E-state index is 0.0401. The lowest BCUT2D eigenvalue weighted by Crippen LogP contribution is -2.39. The monoisotopic (exact) mass is 546 g/mol. The summed E-state index contributed by atoms with van der Waals surface area (Å²) < 4.78 is 4.86. The van der Waals surface area contributed by atoms with Gasteiger partial charge in [-0.2, -0.15) is 5.21 Å². The normalized spacial score (nSPS) is 11.5. The molecule has 3 heterocycles. The first-order valence-corrected chi connectivity index (χ1v) is 13.7. The van der Waals surface area contributed by atoms with Crippen LogP contribution in [-0.4, -0.2) is 39.3 Å². The molecular weight excluding hydrogens is 516 g/mol. The van der Waals surface area contributed by atoms with E-state index in [1.807, 2.05) is 67.8 Å². The second kappa shape index (κ2) is 10.8. The Morgan fingerprint density at radius 2 is 1.56 bits per heavy atom. The van der Waals surface area contributed by atoms with Crippen molar-refractivity contribution in [3.05, 3.63) is 111 Å². The summed E-state index contributed by atoms with van der Waals surface area (Å²) in [6, 6.07) is 25.2. The molecule has 0 aliphatic rings. The van der Waals surface area contributed by atoms with E-state index in [1.165, 1.54) is 4.57 Å². The molecule has 0 saturated heterocycles. The van der Waals surface area contributed by atoms with Gasteiger partial charge in [0.05, 0.1) is 5.69 Å². The van der Waals surface area contributed by atoms with Crippen LogP contribution in [0.1, 0.15) is 44.5 Å². The Labute approximate surface area is 235 Å². The van der Waals surface area contributed by atoms with Crippen LogP contribution in [0.15, 0.2) is 88.5 Å². The summed E-state index contributed by atoms with van der Waals surface area (Å²) in [7, 11) is 0. The highest BCUT2D eigenvalue weighted by atomic mass is 16.2. The summed E-state index contributed by atoms with van der Waals surface area (Å²) in [4.78, 5) is 32.5. The van der Waals surface area contributed by atoms with Crippen LogP contribution in [-0.2, 0) is 13.1 Å². The maximum atomic E-state index is 14.0. The standard InChI is InChI=1S/C31H30N8O2/c1-4-18-37-29-26(30(40)39(31(37)41)23-10-6-5-7-11-23)38(28(32-29)20(2)3)19-21-14-16-22(17-15-21)24-12-8-9-13-25(24)27-33-35-36-34-27/h5-17,20H,4,18-19H2,1-3H3,(H,33,34,35,36). The van der Waals surface area contributed by atoms with Crippen molar-refractivity contribution in [2.45, 2.75) is 46.2 Å². The van der Waals surface area contributed by atoms with E-state index < -0.39 is 0 Å². The number of nitrogens with zero attached hydrogens (tertiary/aromatic N) is 7. The van der Waals surface area contributed by atoms with Crippen LogP contribution in [0.25, 0.3) is 39.4 Å². The molecule has 10 heteroatoms. The highest BCUT2D eigenvalue weighted by Crippen LogP contribution is 2.30. The van der Waals surface area contributed by atoms with Crippen molar-refractivity contribution in [2.24, 2.45) is 0 Å². The first-order valence-electron chi connectivity index (χ1n) is 13.7. The van der Waals surface area contributed by atoms with Gasteiger partial charge < -0.3 is 4.57 Å². The topological polar surface area (TPSA) is 116 Å². The van der Waals surface area contributed by atoms with Crippen molar-refractivity contribution in [3.63, 3.8) is 0 Å². The zero-order valence-corrected chi connectivity index (χ0v) is 23.2. The SMILES string of the molecule is CCCn1c(=O)n(-c2ccccc2)c(=O)c2c1nc(C(C)C)n2Cc1ccc(-c2ccccc2-c2nn[nH]n2)cc1. The molecule has 0 unspecified atom stereocenters. The summed E-state index contributed by atoms with van der Waals surface area (Å²) >= 11 is 0. The Kier molecular flexibility index (Phi) is 6.88. The third-order valence-corrected chi connectivity index (χ3v) is 7.16. The Bertz CT molecular complexity index is 1930. The summed E-state index contributed by atoms with van der Waals surface area (Å²) in [6.07, 6.45) is 0.735. The summed E-state index contributed by atoms with van der Waals surface area (Å²) in [6.45, 7) is 7.01. The van der Waals surface area contributed by atoms with Crippen molar-refractivity contribution in [3.8, 4) is 28.2 Å². The quantitative estimate of drug-likeness (QED) is 0.294. The molecule has 3 aromatic heterocycles. The fraction of sp³-hybridized carbons (Fsp3) is 0.226. The molecule has 0 bridgehead atoms. The molecule has 0 spiro atoms. The number of para-hydroxylation sites is 1. The summed E-state index contributed by atoms with van der Waals surface area (Å²) in [5, 5.41) is 14.5. The third-order valence-electron chi connectivity index (χ3n) is 7.16. The van der Waals surface area contributed by atoms with Gasteiger partial charge in [0, 0.05) is 24.6 Å². The van der Waals surface area contributed by atoms with Crippen LogP contribution in [0, 0.1) is 0 Å². The van der Waals surface area contributed by atoms with E-state index in [1.54, 1.807) is 16.7 Å². The Morgan fingerprint density at radius 3 is 2.22 bits per heavy atom. The minimum Gasteiger partial charge on any atom is -0.317 e. The van der Waals surface area contributed by atoms with Gasteiger partial charge in [0.2, 0.25) is 5.82 Å². The molecule has 0 fully saturated rings. The van der Waals surface area contributed by atoms with Crippen LogP contribution in [0.5, 0.6) is 0 Å². The van der Waals surface area contributed by atoms with E-state index in [4.69, 9.17) is 4.98 Å². The number of H-pyrrole nitrogens is 1. The molecule has 0 radical (unpaired) electrons. The average Bonchev–Trinajstić information content (AvgIpc) is 3.66. The van der Waals surface area contributed by atoms with Crippen molar-refractivity contribution >= 4 is 11.2 Å². The zero-order valence-electron chi connectivity index (χ0n) is 23.2. The number of hydrogen-bond acceptors (Lipinski definition) is 6. The molecule has 41 heavy (non-hydrogen) atoms. The van der Waals surface area contributed by atoms with Crippen molar-refractivity contribution in [1.82, 2.24) is 39.3 Å². The fourth-order valence-electron chi connectivity index (χ4n) is 5.27. The van der Waals surface area contributed by atoms with Crippen molar-refractivity contribution in [1.29, 1.82) is 0 Å². The Hall–Kier alpha value is -5.12. The van der Waals surface area contributed by atoms with Gasteiger partial charge in [0.15, 0.2) is 11.2 Å². The number of nitrogens with one attached hydrogen (secondary N) is 1. The molecule has 0 amide bonds. The van der Waals surface area contributed by atoms with Crippen LogP contribution >= 0.6 is 0 Å². The van der Waals surface area contributed by atoms with Gasteiger partial charge in [0.1, 0.15) is 5.82 Å². The molecule has 1 N–H and O–H groups in total. The van der Waals surface area contributed by atoms with Gasteiger partial charge in [-0.1, -0.05) is 87.5 Å². The second-order valence-corrected chi connectivity index (χ2v) is 10.3. The number of fused-ring (bicyclic) bond motifs is 1. The van der Waals surface area contributed by atoms with E-state index in [0.29, 0.717) is 35.8 Å². The lowest BCUT2D eigenvalue weighted by Gasteiger charge is -2.14. The number of aryl methyl sites for hydroxylation is 1. The molecule has 3 aromatic carbocycles. The number of aromatic nitrogens is 8. The maximum Gasteiger partial charge on any atom is 0.337 e. The van der Waals surface area contributed by atoms with E-state index in [0.717, 1.165) is 34.5 Å². The number of tetrazole rings is 1. The van der Waals surface area contributed by atoms with Gasteiger partial charge in [-0.25, -0.2) is 14.3 Å². The molecule has 10 nitrogen and oxygen atoms in total. The number of aromatic amines is 1. The average molecular weight is 547 g/mol. The number of hydrogen-bond donors (Lipinski definition) is 1. The van der Waals surface area contributed by atoms with E-state index in [9.17, 15) is 9.59 Å². The van der Waals surface area contributed by atoms with Crippen LogP contribution in [0.2, 0.25) is 0 Å². The van der Waals surface area contributed by atoms with Gasteiger partial charge in [0.25, 0.3) is 5.56 Å². The summed E-state index contributed by atoms with van der Waals surface area (Å²) in [5.41, 5.74) is 4.55. The summed E-state index contributed by atoms with van der Waals surface area (Å²) in [5.74, 6) is 1.33. The third kappa shape index (κ3) is 4.67. The second-order valence-electron chi connectivity index (χ2n) is 10.3. The predicted octanol–water partition coefficient (Wildman–Crippen LogP) is 4.78. The fourth-order valence-corrected chi connectivity index (χ4v) is 5.27. The van der Waals surface area contributed by atoms with E-state index in [2.05, 4.69) is 44.9 Å². The molecule has 0 saturated carbocycles. The largest absolute Gasteiger partial charge is 0.337 e. The van der Waals surface area contributed by atoms with Gasteiger partial charge in [-0.05, 0) is 40.5 Å². The lowest BCUT2D eigenvalue weighted by molar-refractivity contribution is 0.630.